The number of benzene rings is 1. The minimum atomic E-state index is -4.74. The lowest BCUT2D eigenvalue weighted by Gasteiger charge is -2.32. The van der Waals surface area contributed by atoms with Crippen LogP contribution in [0.1, 0.15) is 18.6 Å². The molecule has 1 aliphatic heterocycles. The molecule has 0 aromatic heterocycles. The molecule has 0 aliphatic carbocycles. The van der Waals surface area contributed by atoms with Crippen molar-refractivity contribution < 1.29 is 32.1 Å². The molecule has 0 amide bonds. The van der Waals surface area contributed by atoms with Crippen LogP contribution in [0.15, 0.2) is 18.2 Å². The van der Waals surface area contributed by atoms with E-state index < -0.39 is 29.8 Å². The number of aliphatic hydroxyl groups is 1. The van der Waals surface area contributed by atoms with E-state index in [0.717, 1.165) is 12.1 Å². The van der Waals surface area contributed by atoms with Gasteiger partial charge in [-0.05, 0) is 24.6 Å². The van der Waals surface area contributed by atoms with Crippen LogP contribution in [0.25, 0.3) is 0 Å². The van der Waals surface area contributed by atoms with E-state index in [1.165, 1.54) is 13.0 Å². The molecular weight excluding hydrogens is 244 g/mol. The number of rotatable bonds is 1. The first-order valence-electron chi connectivity index (χ1n) is 4.68. The molecule has 0 bridgehead atoms. The Balaban J connectivity index is 2.43. The number of hydrogen-bond donors (Lipinski definition) is 1. The van der Waals surface area contributed by atoms with Crippen LogP contribution < -0.4 is 9.47 Å². The number of ether oxygens (including phenoxy) is 2. The van der Waals surface area contributed by atoms with E-state index in [1.807, 2.05) is 0 Å². The topological polar surface area (TPSA) is 38.7 Å². The highest BCUT2D eigenvalue weighted by Crippen LogP contribution is 2.47. The molecular formula is C10H8F4O3. The Labute approximate surface area is 93.6 Å². The summed E-state index contributed by atoms with van der Waals surface area (Å²) in [7, 11) is 0. The minimum Gasteiger partial charge on any atom is -0.421 e. The maximum atomic E-state index is 12.8. The molecule has 3 nitrogen and oxygen atoms in total. The Kier molecular flexibility index (Phi) is 2.46. The summed E-state index contributed by atoms with van der Waals surface area (Å²) in [4.78, 5) is 0. The molecule has 1 unspecified atom stereocenters. The first-order valence-corrected chi connectivity index (χ1v) is 4.68. The number of halogens is 4. The Morgan fingerprint density at radius 2 is 1.59 bits per heavy atom. The molecule has 0 spiro atoms. The van der Waals surface area contributed by atoms with E-state index in [2.05, 4.69) is 9.47 Å². The second-order valence-corrected chi connectivity index (χ2v) is 3.62. The highest BCUT2D eigenvalue weighted by molar-refractivity contribution is 5.45. The van der Waals surface area contributed by atoms with Crippen molar-refractivity contribution in [3.63, 3.8) is 0 Å². The van der Waals surface area contributed by atoms with Crippen LogP contribution in [0, 0.1) is 0 Å². The third-order valence-electron chi connectivity index (χ3n) is 2.27. The molecule has 0 radical (unpaired) electrons. The van der Waals surface area contributed by atoms with Crippen molar-refractivity contribution in [1.29, 1.82) is 0 Å². The first kappa shape index (κ1) is 12.0. The van der Waals surface area contributed by atoms with Gasteiger partial charge in [-0.2, -0.15) is 17.6 Å². The van der Waals surface area contributed by atoms with Crippen LogP contribution >= 0.6 is 0 Å². The fourth-order valence-electron chi connectivity index (χ4n) is 1.34. The SMILES string of the molecule is CC(O)c1ccc2c(c1)OC(F)(F)C(F)(F)O2. The van der Waals surface area contributed by atoms with Gasteiger partial charge in [-0.25, -0.2) is 0 Å². The predicted octanol–water partition coefficient (Wildman–Crippen LogP) is 2.70. The molecule has 1 aromatic carbocycles. The van der Waals surface area contributed by atoms with E-state index >= 15 is 0 Å². The van der Waals surface area contributed by atoms with E-state index in [9.17, 15) is 22.7 Å². The molecule has 94 valence electrons. The zero-order chi connectivity index (χ0) is 12.8. The van der Waals surface area contributed by atoms with Gasteiger partial charge in [-0.15, -0.1) is 0 Å². The molecule has 1 atom stereocenters. The lowest BCUT2D eigenvalue weighted by Crippen LogP contribution is -2.52. The lowest BCUT2D eigenvalue weighted by molar-refractivity contribution is -0.391. The monoisotopic (exact) mass is 252 g/mol. The second-order valence-electron chi connectivity index (χ2n) is 3.62. The van der Waals surface area contributed by atoms with E-state index in [-0.39, 0.29) is 5.56 Å². The zero-order valence-electron chi connectivity index (χ0n) is 8.58. The van der Waals surface area contributed by atoms with Crippen molar-refractivity contribution in [2.24, 2.45) is 0 Å². The summed E-state index contributed by atoms with van der Waals surface area (Å²) in [5, 5.41) is 9.23. The molecule has 1 heterocycles. The molecule has 1 aromatic rings. The maximum absolute atomic E-state index is 12.8. The zero-order valence-corrected chi connectivity index (χ0v) is 8.58. The summed E-state index contributed by atoms with van der Waals surface area (Å²) >= 11 is 0. The van der Waals surface area contributed by atoms with Crippen LogP contribution in [0.3, 0.4) is 0 Å². The summed E-state index contributed by atoms with van der Waals surface area (Å²) < 4.78 is 59.0. The van der Waals surface area contributed by atoms with Crippen LogP contribution in [0.4, 0.5) is 17.6 Å². The van der Waals surface area contributed by atoms with Gasteiger partial charge in [-0.3, -0.25) is 0 Å². The number of aliphatic hydroxyl groups excluding tert-OH is 1. The minimum absolute atomic E-state index is 0.258. The van der Waals surface area contributed by atoms with Crippen LogP contribution in [-0.2, 0) is 0 Å². The largest absolute Gasteiger partial charge is 0.507 e. The summed E-state index contributed by atoms with van der Waals surface area (Å²) in [6.07, 6.45) is -10.4. The Morgan fingerprint density at radius 3 is 2.12 bits per heavy atom. The summed E-state index contributed by atoms with van der Waals surface area (Å²) in [6, 6.07) is 3.36. The summed E-state index contributed by atoms with van der Waals surface area (Å²) in [6.45, 7) is 1.40. The van der Waals surface area contributed by atoms with Gasteiger partial charge in [-0.1, -0.05) is 6.07 Å². The summed E-state index contributed by atoms with van der Waals surface area (Å²) in [5.41, 5.74) is 0.258. The standard InChI is InChI=1S/C10H8F4O3/c1-5(15)6-2-3-7-8(4-6)17-10(13,14)9(11,12)16-7/h2-5,15H,1H3. The predicted molar refractivity (Wildman–Crippen MR) is 48.2 cm³/mol. The summed E-state index contributed by atoms with van der Waals surface area (Å²) in [5.74, 6) is -1.02. The van der Waals surface area contributed by atoms with Crippen molar-refractivity contribution in [1.82, 2.24) is 0 Å². The molecule has 7 heteroatoms. The fourth-order valence-corrected chi connectivity index (χ4v) is 1.34. The normalized spacial score (nSPS) is 22.0. The molecule has 1 N–H and O–H groups in total. The van der Waals surface area contributed by atoms with E-state index in [1.54, 1.807) is 0 Å². The van der Waals surface area contributed by atoms with Crippen LogP contribution in [0.2, 0.25) is 0 Å². The average Bonchev–Trinajstić information content (AvgIpc) is 2.17. The third-order valence-corrected chi connectivity index (χ3v) is 2.27. The molecule has 0 saturated heterocycles. The lowest BCUT2D eigenvalue weighted by atomic mass is 10.1. The van der Waals surface area contributed by atoms with E-state index in [4.69, 9.17) is 0 Å². The molecule has 0 fully saturated rings. The van der Waals surface area contributed by atoms with Gasteiger partial charge in [0.1, 0.15) is 0 Å². The molecule has 1 aliphatic rings. The molecule has 0 saturated carbocycles. The Morgan fingerprint density at radius 1 is 1.06 bits per heavy atom. The number of fused-ring (bicyclic) bond motifs is 1. The number of alkyl halides is 4. The van der Waals surface area contributed by atoms with Crippen molar-refractivity contribution in [2.75, 3.05) is 0 Å². The van der Waals surface area contributed by atoms with Gasteiger partial charge < -0.3 is 14.6 Å². The van der Waals surface area contributed by atoms with Crippen molar-refractivity contribution in [2.45, 2.75) is 25.2 Å². The number of hydrogen-bond acceptors (Lipinski definition) is 3. The quantitative estimate of drug-likeness (QED) is 0.781. The first-order chi connectivity index (χ1) is 7.73. The van der Waals surface area contributed by atoms with Crippen molar-refractivity contribution in [3.8, 4) is 11.5 Å². The maximum Gasteiger partial charge on any atom is 0.507 e. The highest BCUT2D eigenvalue weighted by atomic mass is 19.3. The van der Waals surface area contributed by atoms with Gasteiger partial charge in [0.2, 0.25) is 0 Å². The fraction of sp³-hybridized carbons (Fsp3) is 0.400. The Bertz CT molecular complexity index is 445. The van der Waals surface area contributed by atoms with Gasteiger partial charge in [0.25, 0.3) is 0 Å². The second kappa shape index (κ2) is 3.49. The van der Waals surface area contributed by atoms with Crippen molar-refractivity contribution in [3.05, 3.63) is 23.8 Å². The molecule has 17 heavy (non-hydrogen) atoms. The van der Waals surface area contributed by atoms with Gasteiger partial charge >= 0.3 is 12.2 Å². The Hall–Kier alpha value is -1.50. The van der Waals surface area contributed by atoms with E-state index in [0.29, 0.717) is 0 Å². The highest BCUT2D eigenvalue weighted by Gasteiger charge is 2.65. The molecule has 2 rings (SSSR count). The smallest absolute Gasteiger partial charge is 0.421 e. The average molecular weight is 252 g/mol. The van der Waals surface area contributed by atoms with Gasteiger partial charge in [0.05, 0.1) is 6.10 Å². The van der Waals surface area contributed by atoms with Crippen LogP contribution in [0.5, 0.6) is 11.5 Å². The van der Waals surface area contributed by atoms with Crippen LogP contribution in [-0.4, -0.2) is 17.3 Å². The van der Waals surface area contributed by atoms with Crippen molar-refractivity contribution >= 4 is 0 Å². The van der Waals surface area contributed by atoms with Gasteiger partial charge in [0.15, 0.2) is 11.5 Å². The van der Waals surface area contributed by atoms with Gasteiger partial charge in [0, 0.05) is 0 Å². The third kappa shape index (κ3) is 1.90.